The van der Waals surface area contributed by atoms with E-state index in [2.05, 4.69) is 14.7 Å². The number of cyclic esters (lactones) is 1. The minimum atomic E-state index is -0.772. The van der Waals surface area contributed by atoms with Gasteiger partial charge in [0.25, 0.3) is 0 Å². The number of nitrogens with zero attached hydrogens (tertiary/aromatic N) is 5. The molecule has 4 N–H and O–H groups in total. The first kappa shape index (κ1) is 29.9. The minimum Gasteiger partial charge on any atom is -0.481 e. The van der Waals surface area contributed by atoms with E-state index in [9.17, 15) is 14.4 Å². The van der Waals surface area contributed by atoms with Gasteiger partial charge < -0.3 is 30.1 Å². The van der Waals surface area contributed by atoms with E-state index in [1.54, 1.807) is 9.80 Å². The summed E-state index contributed by atoms with van der Waals surface area (Å²) in [7, 11) is 0. The quantitative estimate of drug-likeness (QED) is 0.192. The molecular formula is C25H45N7O6. The molecule has 3 rings (SSSR count). The Labute approximate surface area is 225 Å². The smallest absolute Gasteiger partial charge is 0.411 e. The molecule has 3 aliphatic heterocycles. The number of amides is 2. The van der Waals surface area contributed by atoms with E-state index in [-0.39, 0.29) is 24.5 Å². The molecule has 0 aromatic rings. The number of hydrogen-bond acceptors (Lipinski definition) is 9. The summed E-state index contributed by atoms with van der Waals surface area (Å²) < 4.78 is 11.1. The Morgan fingerprint density at radius 2 is 1.63 bits per heavy atom. The largest absolute Gasteiger partial charge is 0.481 e. The van der Waals surface area contributed by atoms with E-state index in [0.29, 0.717) is 45.8 Å². The first-order valence-electron chi connectivity index (χ1n) is 13.6. The van der Waals surface area contributed by atoms with Crippen LogP contribution >= 0.6 is 0 Å². The Hall–Kier alpha value is -2.64. The van der Waals surface area contributed by atoms with Crippen LogP contribution in [0.2, 0.25) is 0 Å². The number of carboxylic acids is 1. The molecule has 38 heavy (non-hydrogen) atoms. The molecule has 0 aromatic heterocycles. The number of rotatable bonds is 11. The second kappa shape index (κ2) is 13.4. The van der Waals surface area contributed by atoms with Gasteiger partial charge in [-0.15, -0.1) is 0 Å². The topological polar surface area (TPSA) is 156 Å². The highest BCUT2D eigenvalue weighted by molar-refractivity contribution is 5.87. The van der Waals surface area contributed by atoms with Gasteiger partial charge in [-0.2, -0.15) is 0 Å². The van der Waals surface area contributed by atoms with Gasteiger partial charge >= 0.3 is 18.2 Å². The highest BCUT2D eigenvalue weighted by Crippen LogP contribution is 2.18. The number of aliphatic carboxylic acids is 1. The summed E-state index contributed by atoms with van der Waals surface area (Å²) in [5, 5.41) is 16.8. The maximum absolute atomic E-state index is 12.5. The number of carbonyl (C=O) groups is 3. The average molecular weight is 540 g/mol. The van der Waals surface area contributed by atoms with E-state index in [1.807, 2.05) is 20.8 Å². The Morgan fingerprint density at radius 3 is 2.26 bits per heavy atom. The molecule has 3 fully saturated rings. The van der Waals surface area contributed by atoms with Gasteiger partial charge in [0, 0.05) is 65.4 Å². The van der Waals surface area contributed by atoms with Crippen LogP contribution < -0.4 is 5.73 Å². The third-order valence-electron chi connectivity index (χ3n) is 7.12. The molecule has 2 atom stereocenters. The zero-order valence-corrected chi connectivity index (χ0v) is 23.1. The number of hydrogen-bond donors (Lipinski definition) is 3. The summed E-state index contributed by atoms with van der Waals surface area (Å²) in [6.07, 6.45) is 1.02. The number of amidine groups is 1. The number of nitrogens with one attached hydrogen (secondary N) is 1. The second-order valence-corrected chi connectivity index (χ2v) is 11.4. The van der Waals surface area contributed by atoms with E-state index < -0.39 is 23.7 Å². The number of unbranched alkanes of at least 4 members (excludes halogenated alkanes) is 1. The number of piperazine rings is 2. The van der Waals surface area contributed by atoms with E-state index in [4.69, 9.17) is 25.7 Å². The third-order valence-corrected chi connectivity index (χ3v) is 7.12. The maximum atomic E-state index is 12.5. The first-order chi connectivity index (χ1) is 17.9. The van der Waals surface area contributed by atoms with Crippen molar-refractivity contribution in [2.24, 2.45) is 5.73 Å². The highest BCUT2D eigenvalue weighted by atomic mass is 16.6. The van der Waals surface area contributed by atoms with E-state index in [0.717, 1.165) is 45.6 Å². The average Bonchev–Trinajstić information content (AvgIpc) is 3.18. The maximum Gasteiger partial charge on any atom is 0.411 e. The highest BCUT2D eigenvalue weighted by Gasteiger charge is 2.35. The normalized spacial score (nSPS) is 23.9. The number of nitrogens with two attached hydrogens (primary N) is 1. The van der Waals surface area contributed by atoms with Crippen molar-refractivity contribution in [2.45, 2.75) is 57.8 Å². The lowest BCUT2D eigenvalue weighted by Crippen LogP contribution is -2.60. The van der Waals surface area contributed by atoms with Crippen LogP contribution in [0.3, 0.4) is 0 Å². The van der Waals surface area contributed by atoms with Gasteiger partial charge in [0.05, 0.1) is 13.0 Å². The zero-order chi connectivity index (χ0) is 27.9. The molecular weight excluding hydrogens is 494 g/mol. The van der Waals surface area contributed by atoms with Crippen LogP contribution in [0, 0.1) is 5.41 Å². The molecule has 0 bridgehead atoms. The molecule has 3 saturated heterocycles. The van der Waals surface area contributed by atoms with Gasteiger partial charge in [-0.1, -0.05) is 0 Å². The SMILES string of the molecule is CC(C)(C)OC(=O)N1CCN(CCCCN2CC(CN3CCN(CCC(=O)O)CC3)OC2=O)CC1C(=N)N. The van der Waals surface area contributed by atoms with Crippen molar-refractivity contribution in [1.82, 2.24) is 24.5 Å². The van der Waals surface area contributed by atoms with Crippen molar-refractivity contribution in [1.29, 1.82) is 5.41 Å². The fraction of sp³-hybridized carbons (Fsp3) is 0.840. The van der Waals surface area contributed by atoms with E-state index >= 15 is 0 Å². The van der Waals surface area contributed by atoms with Crippen LogP contribution in [0.25, 0.3) is 0 Å². The summed E-state index contributed by atoms with van der Waals surface area (Å²) >= 11 is 0. The molecule has 0 spiro atoms. The van der Waals surface area contributed by atoms with Gasteiger partial charge in [0.15, 0.2) is 0 Å². The Balaban J connectivity index is 1.33. The lowest BCUT2D eigenvalue weighted by Gasteiger charge is -2.41. The van der Waals surface area contributed by atoms with Crippen LogP contribution in [0.5, 0.6) is 0 Å². The fourth-order valence-electron chi connectivity index (χ4n) is 5.08. The first-order valence-corrected chi connectivity index (χ1v) is 13.6. The summed E-state index contributed by atoms with van der Waals surface area (Å²) in [5.74, 6) is -0.820. The number of ether oxygens (including phenoxy) is 2. The second-order valence-electron chi connectivity index (χ2n) is 11.4. The van der Waals surface area contributed by atoms with Crippen molar-refractivity contribution < 1.29 is 29.0 Å². The molecule has 3 heterocycles. The summed E-state index contributed by atoms with van der Waals surface area (Å²) in [6.45, 7) is 13.7. The lowest BCUT2D eigenvalue weighted by molar-refractivity contribution is -0.137. The molecule has 2 amide bonds. The molecule has 13 heteroatoms. The molecule has 216 valence electrons. The van der Waals surface area contributed by atoms with Gasteiger partial charge in [-0.3, -0.25) is 24.9 Å². The Kier molecular flexibility index (Phi) is 10.6. The number of carboxylic acid groups (broad SMARTS) is 1. The standard InChI is InChI=1S/C25H45N7O6/c1-25(2,3)38-24(36)32-15-14-29(18-20(32)22(26)27)7-4-5-8-31-17-19(37-23(31)35)16-30-12-10-28(11-13-30)9-6-21(33)34/h19-20H,4-18H2,1-3H3,(H3,26,27)(H,33,34). The fourth-order valence-corrected chi connectivity index (χ4v) is 5.08. The van der Waals surface area contributed by atoms with Crippen molar-refractivity contribution in [2.75, 3.05) is 78.5 Å². The molecule has 2 unspecified atom stereocenters. The van der Waals surface area contributed by atoms with Gasteiger partial charge in [-0.25, -0.2) is 9.59 Å². The molecule has 13 nitrogen and oxygen atoms in total. The van der Waals surface area contributed by atoms with Crippen molar-refractivity contribution in [3.63, 3.8) is 0 Å². The van der Waals surface area contributed by atoms with Crippen LogP contribution in [0.1, 0.15) is 40.0 Å². The van der Waals surface area contributed by atoms with Crippen LogP contribution in [-0.4, -0.2) is 150 Å². The van der Waals surface area contributed by atoms with E-state index in [1.165, 1.54) is 0 Å². The molecule has 0 saturated carbocycles. The van der Waals surface area contributed by atoms with Gasteiger partial charge in [0.2, 0.25) is 0 Å². The summed E-state index contributed by atoms with van der Waals surface area (Å²) in [5.41, 5.74) is 5.20. The predicted molar refractivity (Wildman–Crippen MR) is 141 cm³/mol. The van der Waals surface area contributed by atoms with Crippen LogP contribution in [0.4, 0.5) is 9.59 Å². The Bertz CT molecular complexity index is 843. The molecule has 0 radical (unpaired) electrons. The molecule has 0 aromatic carbocycles. The summed E-state index contributed by atoms with van der Waals surface area (Å²) in [4.78, 5) is 45.6. The number of carbonyl (C=O) groups excluding carboxylic acids is 2. The monoisotopic (exact) mass is 539 g/mol. The van der Waals surface area contributed by atoms with Gasteiger partial charge in [-0.05, 0) is 40.2 Å². The Morgan fingerprint density at radius 1 is 1.00 bits per heavy atom. The zero-order valence-electron chi connectivity index (χ0n) is 23.1. The third kappa shape index (κ3) is 9.28. The van der Waals surface area contributed by atoms with Crippen molar-refractivity contribution in [3.05, 3.63) is 0 Å². The minimum absolute atomic E-state index is 0.0481. The van der Waals surface area contributed by atoms with Crippen molar-refractivity contribution in [3.8, 4) is 0 Å². The molecule has 0 aliphatic carbocycles. The predicted octanol–water partition coefficient (Wildman–Crippen LogP) is 0.537. The van der Waals surface area contributed by atoms with Crippen LogP contribution in [-0.2, 0) is 14.3 Å². The van der Waals surface area contributed by atoms with Crippen molar-refractivity contribution >= 4 is 24.0 Å². The van der Waals surface area contributed by atoms with Crippen LogP contribution in [0.15, 0.2) is 0 Å². The van der Waals surface area contributed by atoms with Gasteiger partial charge in [0.1, 0.15) is 23.6 Å². The summed E-state index contributed by atoms with van der Waals surface area (Å²) in [6, 6.07) is -0.507. The lowest BCUT2D eigenvalue weighted by atomic mass is 10.1. The molecule has 3 aliphatic rings.